The smallest absolute Gasteiger partial charge is 0.141 e. The molecule has 0 unspecified atom stereocenters. The van der Waals surface area contributed by atoms with Gasteiger partial charge < -0.3 is 5.73 Å². The van der Waals surface area contributed by atoms with Gasteiger partial charge in [0.05, 0.1) is 10.7 Å². The standard InChI is InChI=1S/C13H13ClFN3/c1-7(2)11-12(17-6-18-13(11)16)8-3-4-10(15)9(14)5-8/h3-7H,1-2H3,(H2,16,17,18). The van der Waals surface area contributed by atoms with Crippen LogP contribution in [0.15, 0.2) is 24.5 Å². The quantitative estimate of drug-likeness (QED) is 0.902. The summed E-state index contributed by atoms with van der Waals surface area (Å²) in [7, 11) is 0. The number of halogens is 2. The molecule has 18 heavy (non-hydrogen) atoms. The van der Waals surface area contributed by atoms with Crippen LogP contribution < -0.4 is 5.73 Å². The van der Waals surface area contributed by atoms with E-state index in [2.05, 4.69) is 9.97 Å². The number of nitrogens with two attached hydrogens (primary N) is 1. The Kier molecular flexibility index (Phi) is 3.48. The lowest BCUT2D eigenvalue weighted by molar-refractivity contribution is 0.628. The summed E-state index contributed by atoms with van der Waals surface area (Å²) in [4.78, 5) is 8.22. The van der Waals surface area contributed by atoms with Gasteiger partial charge in [-0.05, 0) is 24.1 Å². The molecule has 0 saturated heterocycles. The predicted octanol–water partition coefficient (Wildman–Crippen LogP) is 3.64. The highest BCUT2D eigenvalue weighted by molar-refractivity contribution is 6.31. The zero-order chi connectivity index (χ0) is 13.3. The molecule has 1 heterocycles. The maximum absolute atomic E-state index is 13.2. The predicted molar refractivity (Wildman–Crippen MR) is 70.9 cm³/mol. The lowest BCUT2D eigenvalue weighted by Crippen LogP contribution is -2.04. The highest BCUT2D eigenvalue weighted by atomic mass is 35.5. The van der Waals surface area contributed by atoms with Crippen LogP contribution in [0.25, 0.3) is 11.3 Å². The second-order valence-electron chi connectivity index (χ2n) is 4.30. The van der Waals surface area contributed by atoms with Crippen molar-refractivity contribution in [3.05, 3.63) is 40.9 Å². The summed E-state index contributed by atoms with van der Waals surface area (Å²) in [5.74, 6) is 0.161. The number of anilines is 1. The molecule has 94 valence electrons. The molecule has 0 spiro atoms. The Morgan fingerprint density at radius 3 is 2.61 bits per heavy atom. The molecule has 2 N–H and O–H groups in total. The molecule has 0 amide bonds. The third-order valence-electron chi connectivity index (χ3n) is 2.69. The van der Waals surface area contributed by atoms with E-state index < -0.39 is 5.82 Å². The van der Waals surface area contributed by atoms with E-state index in [1.54, 1.807) is 12.1 Å². The number of benzene rings is 1. The van der Waals surface area contributed by atoms with Crippen molar-refractivity contribution in [1.82, 2.24) is 9.97 Å². The summed E-state index contributed by atoms with van der Waals surface area (Å²) >= 11 is 5.79. The van der Waals surface area contributed by atoms with E-state index >= 15 is 0 Å². The average Bonchev–Trinajstić information content (AvgIpc) is 2.32. The van der Waals surface area contributed by atoms with Gasteiger partial charge in [0, 0.05) is 11.1 Å². The summed E-state index contributed by atoms with van der Waals surface area (Å²) < 4.78 is 13.2. The number of nitrogen functional groups attached to an aromatic ring is 1. The minimum atomic E-state index is -0.450. The van der Waals surface area contributed by atoms with Crippen LogP contribution in [0, 0.1) is 5.82 Å². The van der Waals surface area contributed by atoms with Gasteiger partial charge in [-0.3, -0.25) is 0 Å². The maximum atomic E-state index is 13.2. The highest BCUT2D eigenvalue weighted by Crippen LogP contribution is 2.32. The van der Waals surface area contributed by atoms with Gasteiger partial charge in [-0.15, -0.1) is 0 Å². The average molecular weight is 266 g/mol. The first-order chi connectivity index (χ1) is 8.50. The van der Waals surface area contributed by atoms with E-state index in [9.17, 15) is 4.39 Å². The molecule has 1 aromatic carbocycles. The Balaban J connectivity index is 2.63. The maximum Gasteiger partial charge on any atom is 0.141 e. The van der Waals surface area contributed by atoms with Crippen molar-refractivity contribution in [2.24, 2.45) is 0 Å². The molecule has 0 radical (unpaired) electrons. The number of hydrogen-bond acceptors (Lipinski definition) is 3. The van der Waals surface area contributed by atoms with E-state index in [1.807, 2.05) is 13.8 Å². The van der Waals surface area contributed by atoms with Crippen LogP contribution in [0.2, 0.25) is 5.02 Å². The fourth-order valence-corrected chi connectivity index (χ4v) is 2.03. The van der Waals surface area contributed by atoms with Crippen molar-refractivity contribution in [2.45, 2.75) is 19.8 Å². The zero-order valence-electron chi connectivity index (χ0n) is 10.1. The first kappa shape index (κ1) is 12.8. The Morgan fingerprint density at radius 2 is 2.00 bits per heavy atom. The third-order valence-corrected chi connectivity index (χ3v) is 2.97. The minimum Gasteiger partial charge on any atom is -0.383 e. The van der Waals surface area contributed by atoms with Crippen LogP contribution in [0.1, 0.15) is 25.3 Å². The first-order valence-electron chi connectivity index (χ1n) is 5.56. The Hall–Kier alpha value is -1.68. The van der Waals surface area contributed by atoms with Crippen molar-refractivity contribution in [2.75, 3.05) is 5.73 Å². The van der Waals surface area contributed by atoms with E-state index in [-0.39, 0.29) is 10.9 Å². The summed E-state index contributed by atoms with van der Waals surface area (Å²) in [6.45, 7) is 4.01. The van der Waals surface area contributed by atoms with Crippen molar-refractivity contribution in [1.29, 1.82) is 0 Å². The van der Waals surface area contributed by atoms with Gasteiger partial charge in [0.25, 0.3) is 0 Å². The van der Waals surface area contributed by atoms with Gasteiger partial charge in [0.2, 0.25) is 0 Å². The summed E-state index contributed by atoms with van der Waals surface area (Å²) in [5.41, 5.74) is 8.15. The van der Waals surface area contributed by atoms with Gasteiger partial charge in [0.1, 0.15) is 18.0 Å². The van der Waals surface area contributed by atoms with Gasteiger partial charge in [-0.1, -0.05) is 25.4 Å². The fraction of sp³-hybridized carbons (Fsp3) is 0.231. The molecule has 3 nitrogen and oxygen atoms in total. The van der Waals surface area contributed by atoms with Crippen molar-refractivity contribution < 1.29 is 4.39 Å². The van der Waals surface area contributed by atoms with Crippen LogP contribution in [-0.2, 0) is 0 Å². The fourth-order valence-electron chi connectivity index (χ4n) is 1.85. The number of nitrogens with zero attached hydrogens (tertiary/aromatic N) is 2. The van der Waals surface area contributed by atoms with Gasteiger partial charge >= 0.3 is 0 Å². The van der Waals surface area contributed by atoms with E-state index in [0.29, 0.717) is 11.5 Å². The molecule has 0 fully saturated rings. The summed E-state index contributed by atoms with van der Waals surface area (Å²) in [5, 5.41) is 0.0689. The number of rotatable bonds is 2. The molecule has 0 aliphatic carbocycles. The van der Waals surface area contributed by atoms with E-state index in [4.69, 9.17) is 17.3 Å². The highest BCUT2D eigenvalue weighted by Gasteiger charge is 2.15. The van der Waals surface area contributed by atoms with Crippen molar-refractivity contribution in [3.63, 3.8) is 0 Å². The number of aromatic nitrogens is 2. The molecular weight excluding hydrogens is 253 g/mol. The van der Waals surface area contributed by atoms with E-state index in [1.165, 1.54) is 12.4 Å². The largest absolute Gasteiger partial charge is 0.383 e. The molecule has 2 rings (SSSR count). The lowest BCUT2D eigenvalue weighted by Gasteiger charge is -2.13. The van der Waals surface area contributed by atoms with E-state index in [0.717, 1.165) is 11.1 Å². The Labute approximate surface area is 110 Å². The van der Waals surface area contributed by atoms with Crippen molar-refractivity contribution >= 4 is 17.4 Å². The SMILES string of the molecule is CC(C)c1c(N)ncnc1-c1ccc(F)c(Cl)c1. The number of hydrogen-bond donors (Lipinski definition) is 1. The third kappa shape index (κ3) is 2.29. The van der Waals surface area contributed by atoms with Gasteiger partial charge in [-0.2, -0.15) is 0 Å². The molecule has 5 heteroatoms. The Morgan fingerprint density at radius 1 is 1.28 bits per heavy atom. The normalized spacial score (nSPS) is 10.9. The Bertz CT molecular complexity index is 584. The van der Waals surface area contributed by atoms with Crippen LogP contribution >= 0.6 is 11.6 Å². The summed E-state index contributed by atoms with van der Waals surface area (Å²) in [6, 6.07) is 4.50. The van der Waals surface area contributed by atoms with Crippen LogP contribution in [-0.4, -0.2) is 9.97 Å². The van der Waals surface area contributed by atoms with Crippen LogP contribution in [0.5, 0.6) is 0 Å². The van der Waals surface area contributed by atoms with Gasteiger partial charge in [0.15, 0.2) is 0 Å². The first-order valence-corrected chi connectivity index (χ1v) is 5.94. The zero-order valence-corrected chi connectivity index (χ0v) is 10.9. The monoisotopic (exact) mass is 265 g/mol. The molecule has 0 atom stereocenters. The molecule has 1 aromatic heterocycles. The molecule has 0 saturated carbocycles. The molecular formula is C13H13ClFN3. The molecule has 0 bridgehead atoms. The minimum absolute atomic E-state index is 0.0689. The molecule has 0 aliphatic rings. The van der Waals surface area contributed by atoms with Crippen LogP contribution in [0.3, 0.4) is 0 Å². The van der Waals surface area contributed by atoms with Gasteiger partial charge in [-0.25, -0.2) is 14.4 Å². The summed E-state index contributed by atoms with van der Waals surface area (Å²) in [6.07, 6.45) is 1.40. The topological polar surface area (TPSA) is 51.8 Å². The van der Waals surface area contributed by atoms with Crippen molar-refractivity contribution in [3.8, 4) is 11.3 Å². The second kappa shape index (κ2) is 4.90. The van der Waals surface area contributed by atoms with Crippen LogP contribution in [0.4, 0.5) is 10.2 Å². The second-order valence-corrected chi connectivity index (χ2v) is 4.71. The molecule has 2 aromatic rings. The molecule has 0 aliphatic heterocycles. The lowest BCUT2D eigenvalue weighted by atomic mass is 9.97.